The Bertz CT molecular complexity index is 758. The molecule has 0 saturated heterocycles. The molecule has 0 radical (unpaired) electrons. The fraction of sp³-hybridized carbons (Fsp3) is 0.357. The van der Waals surface area contributed by atoms with E-state index in [-0.39, 0.29) is 11.6 Å². The Labute approximate surface area is 135 Å². The van der Waals surface area contributed by atoms with Crippen LogP contribution in [0, 0.1) is 0 Å². The van der Waals surface area contributed by atoms with Crippen molar-refractivity contribution in [3.05, 3.63) is 42.2 Å². The molecule has 0 atom stereocenters. The summed E-state index contributed by atoms with van der Waals surface area (Å²) in [5, 5.41) is 10.9. The van der Waals surface area contributed by atoms with Crippen molar-refractivity contribution in [1.82, 2.24) is 24.6 Å². The second-order valence-corrected chi connectivity index (χ2v) is 7.14. The Kier molecular flexibility index (Phi) is 5.45. The number of nitrogens with one attached hydrogen (secondary N) is 1. The van der Waals surface area contributed by atoms with Crippen molar-refractivity contribution in [3.63, 3.8) is 0 Å². The number of aromatic nitrogens is 3. The lowest BCUT2D eigenvalue weighted by Gasteiger charge is -2.13. The first-order valence-corrected chi connectivity index (χ1v) is 8.90. The van der Waals surface area contributed by atoms with Crippen molar-refractivity contribution in [3.8, 4) is 5.69 Å². The first-order valence-electron chi connectivity index (χ1n) is 7.05. The quantitative estimate of drug-likeness (QED) is 0.732. The van der Waals surface area contributed by atoms with Crippen LogP contribution in [0.1, 0.15) is 16.9 Å². The third-order valence-corrected chi connectivity index (χ3v) is 4.53. The normalized spacial score (nSPS) is 11.6. The van der Waals surface area contributed by atoms with Gasteiger partial charge in [-0.1, -0.05) is 18.2 Å². The molecule has 2 rings (SSSR count). The van der Waals surface area contributed by atoms with Gasteiger partial charge in [0.25, 0.3) is 5.91 Å². The lowest BCUT2D eigenvalue weighted by molar-refractivity contribution is 0.0947. The largest absolute Gasteiger partial charge is 0.351 e. The second-order valence-electron chi connectivity index (χ2n) is 5.05. The molecule has 0 aliphatic rings. The van der Waals surface area contributed by atoms with Gasteiger partial charge >= 0.3 is 0 Å². The molecule has 1 aromatic carbocycles. The maximum Gasteiger partial charge on any atom is 0.273 e. The summed E-state index contributed by atoms with van der Waals surface area (Å²) in [4.78, 5) is 13.4. The topological polar surface area (TPSA) is 97.2 Å². The maximum absolute atomic E-state index is 12.0. The molecule has 8 nitrogen and oxygen atoms in total. The highest BCUT2D eigenvalue weighted by molar-refractivity contribution is 7.88. The molecule has 2 aromatic rings. The second kappa shape index (κ2) is 7.34. The van der Waals surface area contributed by atoms with Gasteiger partial charge in [0, 0.05) is 20.1 Å². The zero-order valence-corrected chi connectivity index (χ0v) is 13.8. The molecule has 1 amide bonds. The Balaban J connectivity index is 1.84. The van der Waals surface area contributed by atoms with Crippen LogP contribution in [0.15, 0.2) is 36.5 Å². The number of amides is 1. The summed E-state index contributed by atoms with van der Waals surface area (Å²) >= 11 is 0. The summed E-state index contributed by atoms with van der Waals surface area (Å²) < 4.78 is 23.7. The van der Waals surface area contributed by atoms with Crippen molar-refractivity contribution >= 4 is 15.9 Å². The predicted molar refractivity (Wildman–Crippen MR) is 85.8 cm³/mol. The summed E-state index contributed by atoms with van der Waals surface area (Å²) in [6, 6.07) is 9.27. The van der Waals surface area contributed by atoms with Crippen LogP contribution in [0.5, 0.6) is 0 Å². The summed E-state index contributed by atoms with van der Waals surface area (Å²) in [5.74, 6) is -0.339. The highest BCUT2D eigenvalue weighted by atomic mass is 32.2. The minimum Gasteiger partial charge on any atom is -0.351 e. The molecule has 1 heterocycles. The van der Waals surface area contributed by atoms with Crippen molar-refractivity contribution in [2.75, 3.05) is 26.4 Å². The van der Waals surface area contributed by atoms with Gasteiger partial charge in [-0.2, -0.15) is 9.90 Å². The fourth-order valence-corrected chi connectivity index (χ4v) is 2.27. The van der Waals surface area contributed by atoms with E-state index in [9.17, 15) is 13.2 Å². The number of carbonyl (C=O) groups excluding carboxylic acids is 1. The minimum atomic E-state index is -3.19. The summed E-state index contributed by atoms with van der Waals surface area (Å²) in [5.41, 5.74) is 0.978. The van der Waals surface area contributed by atoms with E-state index in [0.29, 0.717) is 19.5 Å². The van der Waals surface area contributed by atoms with Crippen LogP contribution in [-0.4, -0.2) is 60.0 Å². The number of sulfonamides is 1. The smallest absolute Gasteiger partial charge is 0.273 e. The van der Waals surface area contributed by atoms with Gasteiger partial charge in [-0.3, -0.25) is 4.79 Å². The van der Waals surface area contributed by atoms with Gasteiger partial charge in [0.15, 0.2) is 5.69 Å². The van der Waals surface area contributed by atoms with Crippen LogP contribution in [0.2, 0.25) is 0 Å². The summed E-state index contributed by atoms with van der Waals surface area (Å²) in [7, 11) is -1.69. The van der Waals surface area contributed by atoms with Crippen LogP contribution >= 0.6 is 0 Å². The van der Waals surface area contributed by atoms with E-state index < -0.39 is 10.0 Å². The number of benzene rings is 1. The van der Waals surface area contributed by atoms with Gasteiger partial charge < -0.3 is 5.32 Å². The lowest BCUT2D eigenvalue weighted by Crippen LogP contribution is -2.31. The molecule has 1 aromatic heterocycles. The van der Waals surface area contributed by atoms with Crippen LogP contribution in [0.25, 0.3) is 5.69 Å². The average Bonchev–Trinajstić information content (AvgIpc) is 3.01. The van der Waals surface area contributed by atoms with Crippen molar-refractivity contribution < 1.29 is 13.2 Å². The zero-order chi connectivity index (χ0) is 16.9. The van der Waals surface area contributed by atoms with Crippen LogP contribution in [0.4, 0.5) is 0 Å². The average molecular weight is 337 g/mol. The number of rotatable bonds is 7. The van der Waals surface area contributed by atoms with E-state index in [1.165, 1.54) is 22.3 Å². The Morgan fingerprint density at radius 3 is 2.65 bits per heavy atom. The zero-order valence-electron chi connectivity index (χ0n) is 13.0. The Morgan fingerprint density at radius 1 is 1.30 bits per heavy atom. The van der Waals surface area contributed by atoms with E-state index in [1.54, 1.807) is 0 Å². The molecule has 0 spiro atoms. The van der Waals surface area contributed by atoms with E-state index in [0.717, 1.165) is 11.9 Å². The van der Waals surface area contributed by atoms with Crippen molar-refractivity contribution in [1.29, 1.82) is 0 Å². The number of para-hydroxylation sites is 1. The Hall–Kier alpha value is -2.26. The first kappa shape index (κ1) is 17.1. The molecule has 9 heteroatoms. The summed E-state index contributed by atoms with van der Waals surface area (Å²) in [6.45, 7) is 0.701. The fourth-order valence-electron chi connectivity index (χ4n) is 1.81. The number of hydrogen-bond acceptors (Lipinski definition) is 5. The number of carbonyl (C=O) groups is 1. The molecule has 0 bridgehead atoms. The third-order valence-electron chi connectivity index (χ3n) is 3.21. The first-order chi connectivity index (χ1) is 10.9. The van der Waals surface area contributed by atoms with E-state index in [1.807, 2.05) is 30.3 Å². The van der Waals surface area contributed by atoms with Crippen LogP contribution in [-0.2, 0) is 10.0 Å². The molecule has 0 aliphatic carbocycles. The van der Waals surface area contributed by atoms with Crippen molar-refractivity contribution in [2.24, 2.45) is 0 Å². The molecule has 23 heavy (non-hydrogen) atoms. The van der Waals surface area contributed by atoms with Gasteiger partial charge in [-0.05, 0) is 18.6 Å². The maximum atomic E-state index is 12.0. The SMILES string of the molecule is CN(CCCNC(=O)c1cnn(-c2ccccc2)n1)S(C)(=O)=O. The standard InChI is InChI=1S/C14H19N5O3S/c1-18(23(2,21)22)10-6-9-15-14(20)13-11-16-19(17-13)12-7-4-3-5-8-12/h3-5,7-8,11H,6,9-10H2,1-2H3,(H,15,20). The molecule has 0 fully saturated rings. The van der Waals surface area contributed by atoms with Gasteiger partial charge in [0.1, 0.15) is 0 Å². The van der Waals surface area contributed by atoms with Gasteiger partial charge in [0.2, 0.25) is 10.0 Å². The van der Waals surface area contributed by atoms with Crippen LogP contribution < -0.4 is 5.32 Å². The molecule has 1 N–H and O–H groups in total. The van der Waals surface area contributed by atoms with Crippen molar-refractivity contribution in [2.45, 2.75) is 6.42 Å². The molecule has 0 saturated carbocycles. The van der Waals surface area contributed by atoms with Gasteiger partial charge in [-0.15, -0.1) is 5.10 Å². The monoisotopic (exact) mass is 337 g/mol. The molecule has 0 unspecified atom stereocenters. The minimum absolute atomic E-state index is 0.213. The number of nitrogens with zero attached hydrogens (tertiary/aromatic N) is 4. The van der Waals surface area contributed by atoms with E-state index in [2.05, 4.69) is 15.5 Å². The predicted octanol–water partition coefficient (Wildman–Crippen LogP) is 0.279. The Morgan fingerprint density at radius 2 is 2.00 bits per heavy atom. The van der Waals surface area contributed by atoms with E-state index in [4.69, 9.17) is 0 Å². The van der Waals surface area contributed by atoms with Gasteiger partial charge in [0.05, 0.1) is 18.1 Å². The molecular weight excluding hydrogens is 318 g/mol. The molecular formula is C14H19N5O3S. The lowest BCUT2D eigenvalue weighted by atomic mass is 10.3. The molecule has 0 aliphatic heterocycles. The van der Waals surface area contributed by atoms with Gasteiger partial charge in [-0.25, -0.2) is 12.7 Å². The van der Waals surface area contributed by atoms with E-state index >= 15 is 0 Å². The highest BCUT2D eigenvalue weighted by Crippen LogP contribution is 2.04. The third kappa shape index (κ3) is 4.86. The highest BCUT2D eigenvalue weighted by Gasteiger charge is 2.12. The van der Waals surface area contributed by atoms with Crippen LogP contribution in [0.3, 0.4) is 0 Å². The molecule has 124 valence electrons. The number of hydrogen-bond donors (Lipinski definition) is 1. The summed E-state index contributed by atoms with van der Waals surface area (Å²) in [6.07, 6.45) is 3.06.